The monoisotopic (exact) mass is 388 g/mol. The SMILES string of the molecule is CCOc1ccc(CCNC(=O)Nc2cc(OC)cc(OC)c2)cc1OCC. The van der Waals surface area contributed by atoms with Gasteiger partial charge in [-0.15, -0.1) is 0 Å². The number of amides is 2. The number of ether oxygens (including phenoxy) is 4. The number of carbonyl (C=O) groups excluding carboxylic acids is 1. The lowest BCUT2D eigenvalue weighted by atomic mass is 10.1. The van der Waals surface area contributed by atoms with Gasteiger partial charge in [0, 0.05) is 30.4 Å². The van der Waals surface area contributed by atoms with Gasteiger partial charge in [0.05, 0.1) is 27.4 Å². The Hall–Kier alpha value is -3.09. The lowest BCUT2D eigenvalue weighted by Crippen LogP contribution is -2.30. The van der Waals surface area contributed by atoms with Crippen molar-refractivity contribution in [2.45, 2.75) is 20.3 Å². The van der Waals surface area contributed by atoms with E-state index in [4.69, 9.17) is 18.9 Å². The van der Waals surface area contributed by atoms with E-state index in [1.165, 1.54) is 0 Å². The van der Waals surface area contributed by atoms with Gasteiger partial charge in [-0.3, -0.25) is 0 Å². The van der Waals surface area contributed by atoms with Gasteiger partial charge in [0.15, 0.2) is 11.5 Å². The molecule has 28 heavy (non-hydrogen) atoms. The number of hydrogen-bond acceptors (Lipinski definition) is 5. The molecule has 0 atom stereocenters. The summed E-state index contributed by atoms with van der Waals surface area (Å²) in [4.78, 5) is 12.2. The molecule has 2 aromatic rings. The van der Waals surface area contributed by atoms with E-state index >= 15 is 0 Å². The van der Waals surface area contributed by atoms with Gasteiger partial charge < -0.3 is 29.6 Å². The highest BCUT2D eigenvalue weighted by Crippen LogP contribution is 2.29. The van der Waals surface area contributed by atoms with Gasteiger partial charge >= 0.3 is 6.03 Å². The first kappa shape index (κ1) is 21.2. The molecule has 2 amide bonds. The number of rotatable bonds is 10. The summed E-state index contributed by atoms with van der Waals surface area (Å²) in [6.07, 6.45) is 0.668. The Morgan fingerprint density at radius 3 is 2.14 bits per heavy atom. The van der Waals surface area contributed by atoms with Crippen LogP contribution in [-0.2, 0) is 6.42 Å². The van der Waals surface area contributed by atoms with Crippen molar-refractivity contribution >= 4 is 11.7 Å². The van der Waals surface area contributed by atoms with Gasteiger partial charge in [-0.25, -0.2) is 4.79 Å². The minimum Gasteiger partial charge on any atom is -0.497 e. The third kappa shape index (κ3) is 6.26. The summed E-state index contributed by atoms with van der Waals surface area (Å²) >= 11 is 0. The summed E-state index contributed by atoms with van der Waals surface area (Å²) in [6.45, 7) is 5.49. The van der Waals surface area contributed by atoms with Gasteiger partial charge in [-0.2, -0.15) is 0 Å². The maximum absolute atomic E-state index is 12.2. The van der Waals surface area contributed by atoms with E-state index in [0.717, 1.165) is 17.1 Å². The molecule has 2 N–H and O–H groups in total. The van der Waals surface area contributed by atoms with Crippen molar-refractivity contribution in [2.24, 2.45) is 0 Å². The quantitative estimate of drug-likeness (QED) is 0.646. The molecule has 0 heterocycles. The summed E-state index contributed by atoms with van der Waals surface area (Å²) in [7, 11) is 3.12. The first-order valence-electron chi connectivity index (χ1n) is 9.26. The second-order valence-corrected chi connectivity index (χ2v) is 5.88. The zero-order valence-corrected chi connectivity index (χ0v) is 16.8. The first-order chi connectivity index (χ1) is 13.6. The van der Waals surface area contributed by atoms with Crippen molar-refractivity contribution in [2.75, 3.05) is 39.3 Å². The van der Waals surface area contributed by atoms with Gasteiger partial charge in [0.1, 0.15) is 11.5 Å². The van der Waals surface area contributed by atoms with Crippen LogP contribution in [0.25, 0.3) is 0 Å². The second kappa shape index (κ2) is 10.9. The molecule has 0 aliphatic heterocycles. The predicted molar refractivity (Wildman–Crippen MR) is 109 cm³/mol. The largest absolute Gasteiger partial charge is 0.497 e. The smallest absolute Gasteiger partial charge is 0.319 e. The molecule has 2 rings (SSSR count). The first-order valence-corrected chi connectivity index (χ1v) is 9.26. The third-order valence-electron chi connectivity index (χ3n) is 3.92. The molecule has 0 fully saturated rings. The highest BCUT2D eigenvalue weighted by atomic mass is 16.5. The van der Waals surface area contributed by atoms with E-state index in [0.29, 0.717) is 43.4 Å². The zero-order chi connectivity index (χ0) is 20.4. The Kier molecular flexibility index (Phi) is 8.27. The lowest BCUT2D eigenvalue weighted by molar-refractivity contribution is 0.252. The van der Waals surface area contributed by atoms with Crippen molar-refractivity contribution < 1.29 is 23.7 Å². The van der Waals surface area contributed by atoms with Gasteiger partial charge in [0.2, 0.25) is 0 Å². The van der Waals surface area contributed by atoms with Crippen molar-refractivity contribution in [1.82, 2.24) is 5.32 Å². The third-order valence-corrected chi connectivity index (χ3v) is 3.92. The molecule has 0 aliphatic rings. The standard InChI is InChI=1S/C21H28N2O5/c1-5-27-19-8-7-15(11-20(19)28-6-2)9-10-22-21(24)23-16-12-17(25-3)14-18(13-16)26-4/h7-8,11-14H,5-6,9-10H2,1-4H3,(H2,22,23,24). The van der Waals surface area contributed by atoms with Crippen molar-refractivity contribution in [3.8, 4) is 23.0 Å². The minimum absolute atomic E-state index is 0.300. The fraction of sp³-hybridized carbons (Fsp3) is 0.381. The van der Waals surface area contributed by atoms with Crippen molar-refractivity contribution in [3.05, 3.63) is 42.0 Å². The van der Waals surface area contributed by atoms with Crippen LogP contribution in [0.4, 0.5) is 10.5 Å². The van der Waals surface area contributed by atoms with Crippen LogP contribution in [0.2, 0.25) is 0 Å². The van der Waals surface area contributed by atoms with Crippen LogP contribution in [0.15, 0.2) is 36.4 Å². The minimum atomic E-state index is -0.300. The summed E-state index contributed by atoms with van der Waals surface area (Å²) < 4.78 is 21.6. The van der Waals surface area contributed by atoms with Gasteiger partial charge in [-0.05, 0) is 38.0 Å². The molecule has 0 saturated heterocycles. The molecular formula is C21H28N2O5. The molecule has 7 nitrogen and oxygen atoms in total. The molecule has 7 heteroatoms. The highest BCUT2D eigenvalue weighted by molar-refractivity contribution is 5.89. The Bertz CT molecular complexity index is 757. The number of methoxy groups -OCH3 is 2. The highest BCUT2D eigenvalue weighted by Gasteiger charge is 2.08. The van der Waals surface area contributed by atoms with Crippen molar-refractivity contribution in [1.29, 1.82) is 0 Å². The Balaban J connectivity index is 1.90. The average Bonchev–Trinajstić information content (AvgIpc) is 2.69. The van der Waals surface area contributed by atoms with Crippen molar-refractivity contribution in [3.63, 3.8) is 0 Å². The molecular weight excluding hydrogens is 360 g/mol. The van der Waals surface area contributed by atoms with Crippen LogP contribution in [-0.4, -0.2) is 40.0 Å². The van der Waals surface area contributed by atoms with Gasteiger partial charge in [-0.1, -0.05) is 6.07 Å². The molecule has 152 valence electrons. The van der Waals surface area contributed by atoms with Crippen LogP contribution in [0.3, 0.4) is 0 Å². The summed E-state index contributed by atoms with van der Waals surface area (Å²) in [6, 6.07) is 10.7. The van der Waals surface area contributed by atoms with E-state index in [9.17, 15) is 4.79 Å². The maximum Gasteiger partial charge on any atom is 0.319 e. The fourth-order valence-electron chi connectivity index (χ4n) is 2.63. The van der Waals surface area contributed by atoms with E-state index in [-0.39, 0.29) is 6.03 Å². The van der Waals surface area contributed by atoms with Crippen LogP contribution >= 0.6 is 0 Å². The number of benzene rings is 2. The number of urea groups is 1. The molecule has 0 aromatic heterocycles. The second-order valence-electron chi connectivity index (χ2n) is 5.88. The van der Waals surface area contributed by atoms with E-state index in [1.807, 2.05) is 32.0 Å². The molecule has 0 radical (unpaired) electrons. The van der Waals surface area contributed by atoms with Crippen LogP contribution < -0.4 is 29.6 Å². The normalized spacial score (nSPS) is 10.1. The lowest BCUT2D eigenvalue weighted by Gasteiger charge is -2.13. The number of carbonyl (C=O) groups is 1. The zero-order valence-electron chi connectivity index (χ0n) is 16.8. The molecule has 0 bridgehead atoms. The van der Waals surface area contributed by atoms with E-state index in [1.54, 1.807) is 32.4 Å². The van der Waals surface area contributed by atoms with E-state index < -0.39 is 0 Å². The number of nitrogens with one attached hydrogen (secondary N) is 2. The molecule has 0 spiro atoms. The van der Waals surface area contributed by atoms with Crippen LogP contribution in [0.1, 0.15) is 19.4 Å². The summed E-state index contributed by atoms with van der Waals surface area (Å²) in [5.41, 5.74) is 1.64. The van der Waals surface area contributed by atoms with Crippen LogP contribution in [0, 0.1) is 0 Å². The summed E-state index contributed by atoms with van der Waals surface area (Å²) in [5.74, 6) is 2.65. The van der Waals surface area contributed by atoms with E-state index in [2.05, 4.69) is 10.6 Å². The topological polar surface area (TPSA) is 78.1 Å². The average molecular weight is 388 g/mol. The predicted octanol–water partition coefficient (Wildman–Crippen LogP) is 3.87. The molecule has 0 unspecified atom stereocenters. The summed E-state index contributed by atoms with van der Waals surface area (Å²) in [5, 5.41) is 5.62. The van der Waals surface area contributed by atoms with Crippen LogP contribution in [0.5, 0.6) is 23.0 Å². The maximum atomic E-state index is 12.2. The number of hydrogen-bond donors (Lipinski definition) is 2. The fourth-order valence-corrected chi connectivity index (χ4v) is 2.63. The molecule has 0 saturated carbocycles. The Labute approximate surface area is 165 Å². The van der Waals surface area contributed by atoms with Gasteiger partial charge in [0.25, 0.3) is 0 Å². The Morgan fingerprint density at radius 1 is 0.893 bits per heavy atom. The molecule has 2 aromatic carbocycles. The Morgan fingerprint density at radius 2 is 1.54 bits per heavy atom. The molecule has 0 aliphatic carbocycles. The number of anilines is 1.